The van der Waals surface area contributed by atoms with E-state index in [0.29, 0.717) is 12.1 Å². The maximum absolute atomic E-state index is 9.14. The van der Waals surface area contributed by atoms with Crippen LogP contribution in [0.25, 0.3) is 0 Å². The van der Waals surface area contributed by atoms with E-state index in [2.05, 4.69) is 10.1 Å². The summed E-state index contributed by atoms with van der Waals surface area (Å²) in [5.41, 5.74) is 1.06. The Balaban J connectivity index is 1.52. The molecule has 2 saturated carbocycles. The summed E-state index contributed by atoms with van der Waals surface area (Å²) < 4.78 is 0. The fraction of sp³-hybridized carbons (Fsp3) is 0.941. The summed E-state index contributed by atoms with van der Waals surface area (Å²) >= 11 is 0. The van der Waals surface area contributed by atoms with Crippen molar-refractivity contribution in [3.63, 3.8) is 0 Å². The van der Waals surface area contributed by atoms with Crippen molar-refractivity contribution in [2.45, 2.75) is 88.8 Å². The molecule has 4 fully saturated rings. The van der Waals surface area contributed by atoms with Crippen LogP contribution in [0, 0.1) is 11.8 Å². The van der Waals surface area contributed by atoms with Gasteiger partial charge in [0.15, 0.2) is 0 Å². The number of piperidine rings is 2. The van der Waals surface area contributed by atoms with Gasteiger partial charge in [0.05, 0.1) is 5.71 Å². The monoisotopic (exact) mass is 276 g/mol. The third-order valence-corrected chi connectivity index (χ3v) is 6.53. The van der Waals surface area contributed by atoms with E-state index < -0.39 is 0 Å². The van der Waals surface area contributed by atoms with Crippen LogP contribution in [0.4, 0.5) is 0 Å². The number of hydrogen-bond donors (Lipinski definition) is 1. The molecule has 112 valence electrons. The van der Waals surface area contributed by atoms with Gasteiger partial charge in [-0.15, -0.1) is 0 Å². The van der Waals surface area contributed by atoms with Gasteiger partial charge in [-0.05, 0) is 43.9 Å². The standard InChI is InChI=1S/C17H28N2O/c20-18-14-10-15-5-2-6-16(11-14)19(15)17-8-12-3-1-4-13(7-12)9-17/h12-13,15-17,20H,1-11H2/b18-14-/t12-,13+,15-,16+,17-/m1/s1. The van der Waals surface area contributed by atoms with Crippen molar-refractivity contribution < 1.29 is 5.21 Å². The quantitative estimate of drug-likeness (QED) is 0.584. The van der Waals surface area contributed by atoms with Crippen LogP contribution in [-0.2, 0) is 0 Å². The van der Waals surface area contributed by atoms with E-state index in [1.165, 1.54) is 57.8 Å². The molecule has 0 radical (unpaired) electrons. The van der Waals surface area contributed by atoms with Crippen LogP contribution in [0.5, 0.6) is 0 Å². The molecule has 2 aliphatic heterocycles. The summed E-state index contributed by atoms with van der Waals surface area (Å²) in [6.45, 7) is 0. The average molecular weight is 276 g/mol. The summed E-state index contributed by atoms with van der Waals surface area (Å²) in [5.74, 6) is 2.03. The first-order chi connectivity index (χ1) is 9.83. The number of hydrogen-bond acceptors (Lipinski definition) is 3. The van der Waals surface area contributed by atoms with Gasteiger partial charge < -0.3 is 5.21 Å². The molecule has 1 N–H and O–H groups in total. The molecule has 0 aromatic carbocycles. The normalized spacial score (nSPS) is 47.4. The van der Waals surface area contributed by atoms with E-state index in [1.54, 1.807) is 0 Å². The molecule has 0 aromatic rings. The highest BCUT2D eigenvalue weighted by molar-refractivity contribution is 5.86. The minimum Gasteiger partial charge on any atom is -0.411 e. The first-order valence-corrected chi connectivity index (χ1v) is 8.80. The molecule has 20 heavy (non-hydrogen) atoms. The Hall–Kier alpha value is -0.570. The van der Waals surface area contributed by atoms with Crippen LogP contribution < -0.4 is 0 Å². The van der Waals surface area contributed by atoms with Gasteiger partial charge in [-0.1, -0.05) is 30.8 Å². The highest BCUT2D eigenvalue weighted by Gasteiger charge is 2.43. The van der Waals surface area contributed by atoms with E-state index in [4.69, 9.17) is 5.21 Å². The minimum absolute atomic E-state index is 0.678. The van der Waals surface area contributed by atoms with Crippen LogP contribution in [0.3, 0.4) is 0 Å². The number of oxime groups is 1. The van der Waals surface area contributed by atoms with Gasteiger partial charge in [-0.3, -0.25) is 4.90 Å². The predicted molar refractivity (Wildman–Crippen MR) is 80.2 cm³/mol. The smallest absolute Gasteiger partial charge is 0.0601 e. The molecule has 0 aromatic heterocycles. The van der Waals surface area contributed by atoms with Crippen molar-refractivity contribution in [1.82, 2.24) is 4.90 Å². The molecule has 2 saturated heterocycles. The van der Waals surface area contributed by atoms with E-state index >= 15 is 0 Å². The summed E-state index contributed by atoms with van der Waals surface area (Å²) in [7, 11) is 0. The lowest BCUT2D eigenvalue weighted by Crippen LogP contribution is -2.58. The van der Waals surface area contributed by atoms with Crippen LogP contribution >= 0.6 is 0 Å². The van der Waals surface area contributed by atoms with Gasteiger partial charge in [0.25, 0.3) is 0 Å². The molecule has 0 amide bonds. The second kappa shape index (κ2) is 5.32. The summed E-state index contributed by atoms with van der Waals surface area (Å²) in [6, 6.07) is 2.20. The summed E-state index contributed by atoms with van der Waals surface area (Å²) in [6.07, 6.45) is 15.0. The second-order valence-electron chi connectivity index (χ2n) is 7.78. The van der Waals surface area contributed by atoms with Gasteiger partial charge in [0.2, 0.25) is 0 Å². The van der Waals surface area contributed by atoms with Gasteiger partial charge in [0.1, 0.15) is 0 Å². The zero-order valence-electron chi connectivity index (χ0n) is 12.5. The topological polar surface area (TPSA) is 35.8 Å². The van der Waals surface area contributed by atoms with E-state index in [9.17, 15) is 0 Å². The van der Waals surface area contributed by atoms with Gasteiger partial charge in [-0.2, -0.15) is 0 Å². The third kappa shape index (κ3) is 2.28. The van der Waals surface area contributed by atoms with Crippen LogP contribution in [0.15, 0.2) is 5.16 Å². The Morgan fingerprint density at radius 3 is 2.00 bits per heavy atom. The molecule has 4 rings (SSSR count). The lowest BCUT2D eigenvalue weighted by molar-refractivity contribution is -0.0150. The van der Waals surface area contributed by atoms with Crippen LogP contribution in [0.1, 0.15) is 70.6 Å². The molecule has 4 aliphatic rings. The SMILES string of the molecule is O/N=C1/C[C@H]2CCC[C@@H](C1)N2[C@@H]1C[C@@H]2CCC[C@@H](C2)C1. The molecule has 5 atom stereocenters. The molecule has 3 heteroatoms. The number of nitrogens with zero attached hydrogens (tertiary/aromatic N) is 2. The van der Waals surface area contributed by atoms with Gasteiger partial charge >= 0.3 is 0 Å². The lowest BCUT2D eigenvalue weighted by Gasteiger charge is -2.53. The molecule has 0 unspecified atom stereocenters. The average Bonchev–Trinajstić information content (AvgIpc) is 2.45. The van der Waals surface area contributed by atoms with Crippen LogP contribution in [-0.4, -0.2) is 33.9 Å². The highest BCUT2D eigenvalue weighted by Crippen LogP contribution is 2.45. The van der Waals surface area contributed by atoms with Gasteiger partial charge in [0, 0.05) is 31.0 Å². The Bertz CT molecular complexity index is 366. The zero-order chi connectivity index (χ0) is 13.5. The molecule has 3 nitrogen and oxygen atoms in total. The maximum atomic E-state index is 9.14. The molecular formula is C17H28N2O. The Kier molecular flexibility index (Phi) is 3.49. The Morgan fingerprint density at radius 1 is 0.800 bits per heavy atom. The summed E-state index contributed by atoms with van der Waals surface area (Å²) in [5, 5.41) is 12.7. The fourth-order valence-corrected chi connectivity index (χ4v) is 5.85. The largest absolute Gasteiger partial charge is 0.411 e. The molecule has 0 spiro atoms. The number of rotatable bonds is 1. The Morgan fingerprint density at radius 2 is 1.40 bits per heavy atom. The second-order valence-corrected chi connectivity index (χ2v) is 7.78. The van der Waals surface area contributed by atoms with Crippen molar-refractivity contribution in [2.75, 3.05) is 0 Å². The summed E-state index contributed by atoms with van der Waals surface area (Å²) in [4.78, 5) is 2.89. The van der Waals surface area contributed by atoms with Crippen molar-refractivity contribution in [3.05, 3.63) is 0 Å². The first kappa shape index (κ1) is 13.1. The van der Waals surface area contributed by atoms with Crippen molar-refractivity contribution in [1.29, 1.82) is 0 Å². The number of fused-ring (bicyclic) bond motifs is 4. The van der Waals surface area contributed by atoms with Crippen molar-refractivity contribution >= 4 is 5.71 Å². The lowest BCUT2D eigenvalue weighted by atomic mass is 9.68. The molecule has 2 aliphatic carbocycles. The van der Waals surface area contributed by atoms with E-state index in [1.807, 2.05) is 0 Å². The Labute approximate surface area is 122 Å². The first-order valence-electron chi connectivity index (χ1n) is 8.80. The van der Waals surface area contributed by atoms with Crippen molar-refractivity contribution in [2.24, 2.45) is 17.0 Å². The predicted octanol–water partition coefficient (Wildman–Crippen LogP) is 3.80. The fourth-order valence-electron chi connectivity index (χ4n) is 5.85. The maximum Gasteiger partial charge on any atom is 0.0601 e. The van der Waals surface area contributed by atoms with E-state index in [-0.39, 0.29) is 0 Å². The molecule has 4 bridgehead atoms. The molecule has 2 heterocycles. The van der Waals surface area contributed by atoms with Gasteiger partial charge in [-0.25, -0.2) is 0 Å². The third-order valence-electron chi connectivity index (χ3n) is 6.53. The minimum atomic E-state index is 0.678. The molecular weight excluding hydrogens is 248 g/mol. The van der Waals surface area contributed by atoms with Crippen molar-refractivity contribution in [3.8, 4) is 0 Å². The van der Waals surface area contributed by atoms with Crippen LogP contribution in [0.2, 0.25) is 0 Å². The highest BCUT2D eigenvalue weighted by atomic mass is 16.4. The van der Waals surface area contributed by atoms with E-state index in [0.717, 1.165) is 36.4 Å². The zero-order valence-corrected chi connectivity index (χ0v) is 12.5.